The molecule has 0 bridgehead atoms. The smallest absolute Gasteiger partial charge is 0.121 e. The maximum absolute atomic E-state index is 4.96. The average molecular weight is 209 g/mol. The Kier molecular flexibility index (Phi) is 15.9. The van der Waals surface area contributed by atoms with Crippen LogP contribution in [0.25, 0.3) is 0 Å². The predicted octanol–water partition coefficient (Wildman–Crippen LogP) is 2.58. The lowest BCUT2D eigenvalue weighted by molar-refractivity contribution is 0.840. The molecule has 0 aliphatic carbocycles. The van der Waals surface area contributed by atoms with E-state index in [0.29, 0.717) is 0 Å². The van der Waals surface area contributed by atoms with E-state index in [1.54, 1.807) is 18.5 Å². The molecule has 0 rings (SSSR count). The molecule has 15 heavy (non-hydrogen) atoms. The van der Waals surface area contributed by atoms with Gasteiger partial charge in [-0.2, -0.15) is 0 Å². The third-order valence-corrected chi connectivity index (χ3v) is 1.32. The Balaban J connectivity index is 0. The van der Waals surface area contributed by atoms with Crippen LogP contribution in [0, 0.1) is 0 Å². The molecule has 0 radical (unpaired) electrons. The Hall–Kier alpha value is -1.51. The van der Waals surface area contributed by atoms with Crippen LogP contribution < -0.4 is 11.1 Å². The van der Waals surface area contributed by atoms with Crippen LogP contribution in [0.1, 0.15) is 27.2 Å². The lowest BCUT2D eigenvalue weighted by Gasteiger charge is -1.99. The summed E-state index contributed by atoms with van der Waals surface area (Å²) in [7, 11) is 0. The van der Waals surface area contributed by atoms with Crippen molar-refractivity contribution in [3.63, 3.8) is 0 Å². The molecule has 3 N–H and O–H groups in total. The first-order valence-electron chi connectivity index (χ1n) is 5.18. The quantitative estimate of drug-likeness (QED) is 0.684. The van der Waals surface area contributed by atoms with Crippen LogP contribution in [0.3, 0.4) is 0 Å². The molecule has 0 saturated carbocycles. The normalized spacial score (nSPS) is 11.3. The van der Waals surface area contributed by atoms with Gasteiger partial charge in [0.2, 0.25) is 0 Å². The molecule has 0 heterocycles. The van der Waals surface area contributed by atoms with Crippen molar-refractivity contribution in [3.05, 3.63) is 36.8 Å². The molecule has 0 amide bonds. The van der Waals surface area contributed by atoms with Gasteiger partial charge in [0.25, 0.3) is 0 Å². The number of nitrogens with zero attached hydrogens (tertiary/aromatic N) is 1. The highest BCUT2D eigenvalue weighted by Gasteiger charge is 1.83. The summed E-state index contributed by atoms with van der Waals surface area (Å²) in [6.07, 6.45) is 9.73. The molecule has 0 aliphatic heterocycles. The molecule has 0 spiro atoms. The molecule has 0 aliphatic rings. The van der Waals surface area contributed by atoms with Crippen molar-refractivity contribution in [2.75, 3.05) is 6.54 Å². The summed E-state index contributed by atoms with van der Waals surface area (Å²) < 4.78 is 0. The molecule has 0 saturated heterocycles. The molecular formula is C12H23N3. The van der Waals surface area contributed by atoms with Gasteiger partial charge in [0.1, 0.15) is 5.82 Å². The monoisotopic (exact) mass is 209 g/mol. The van der Waals surface area contributed by atoms with Gasteiger partial charge in [-0.05, 0) is 32.5 Å². The zero-order chi connectivity index (χ0) is 11.9. The van der Waals surface area contributed by atoms with Crippen molar-refractivity contribution in [2.45, 2.75) is 27.2 Å². The van der Waals surface area contributed by atoms with Gasteiger partial charge in [0.15, 0.2) is 0 Å². The minimum absolute atomic E-state index is 0.891. The zero-order valence-electron chi connectivity index (χ0n) is 10.0. The first-order chi connectivity index (χ1) is 7.26. The summed E-state index contributed by atoms with van der Waals surface area (Å²) in [6, 6.07) is 0. The van der Waals surface area contributed by atoms with Gasteiger partial charge in [0, 0.05) is 12.8 Å². The van der Waals surface area contributed by atoms with E-state index in [1.165, 1.54) is 0 Å². The lowest BCUT2D eigenvalue weighted by atomic mass is 10.5. The van der Waals surface area contributed by atoms with E-state index < -0.39 is 0 Å². The minimum Gasteiger partial charge on any atom is -0.405 e. The van der Waals surface area contributed by atoms with Gasteiger partial charge in [-0.1, -0.05) is 25.7 Å². The van der Waals surface area contributed by atoms with Crippen molar-refractivity contribution in [3.8, 4) is 0 Å². The third kappa shape index (κ3) is 15.3. The van der Waals surface area contributed by atoms with Crippen molar-refractivity contribution >= 4 is 6.21 Å². The van der Waals surface area contributed by atoms with Crippen LogP contribution in [-0.2, 0) is 0 Å². The largest absolute Gasteiger partial charge is 0.405 e. The van der Waals surface area contributed by atoms with Crippen molar-refractivity contribution in [2.24, 2.45) is 10.7 Å². The number of nitrogens with two attached hydrogens (primary N) is 1. The zero-order valence-corrected chi connectivity index (χ0v) is 10.0. The van der Waals surface area contributed by atoms with Gasteiger partial charge in [0.05, 0.1) is 0 Å². The lowest BCUT2D eigenvalue weighted by Crippen LogP contribution is -2.09. The van der Waals surface area contributed by atoms with Gasteiger partial charge in [-0.15, -0.1) is 0 Å². The fraction of sp³-hybridized carbons (Fsp3) is 0.417. The minimum atomic E-state index is 0.891. The number of allylic oxidation sites excluding steroid dienone is 3. The van der Waals surface area contributed by atoms with Gasteiger partial charge < -0.3 is 11.1 Å². The van der Waals surface area contributed by atoms with Gasteiger partial charge in [-0.3, -0.25) is 0 Å². The van der Waals surface area contributed by atoms with Gasteiger partial charge >= 0.3 is 0 Å². The molecule has 0 aromatic rings. The van der Waals surface area contributed by atoms with Crippen LogP contribution in [0.5, 0.6) is 0 Å². The second-order valence-electron chi connectivity index (χ2n) is 2.55. The van der Waals surface area contributed by atoms with E-state index in [0.717, 1.165) is 18.8 Å². The fourth-order valence-electron chi connectivity index (χ4n) is 0.672. The van der Waals surface area contributed by atoms with Gasteiger partial charge in [-0.25, -0.2) is 4.99 Å². The Bertz CT molecular complexity index is 215. The Morgan fingerprint density at radius 2 is 2.13 bits per heavy atom. The van der Waals surface area contributed by atoms with Crippen molar-refractivity contribution in [1.29, 1.82) is 0 Å². The summed E-state index contributed by atoms with van der Waals surface area (Å²) in [5, 5.41) is 3.08. The summed E-state index contributed by atoms with van der Waals surface area (Å²) in [4.78, 5) is 4.06. The molecule has 3 heteroatoms. The number of aliphatic imine (C=N–C) groups is 1. The summed E-state index contributed by atoms with van der Waals surface area (Å²) >= 11 is 0. The first-order valence-corrected chi connectivity index (χ1v) is 5.18. The highest BCUT2D eigenvalue weighted by molar-refractivity contribution is 5.71. The van der Waals surface area contributed by atoms with Crippen LogP contribution in [-0.4, -0.2) is 12.8 Å². The standard InChI is InChI=1S/C8H14N2.C4H9N/c1-4-7-10-8(5-2)9-6-3;1-2-3-4-5/h4-5,7,9H,1,6H2,2-3H3;3-4H,2,5H2,1H3/b8-5-,10-7-;4-3-. The molecule has 3 nitrogen and oxygen atoms in total. The molecular weight excluding hydrogens is 186 g/mol. The molecule has 0 aromatic heterocycles. The molecule has 0 unspecified atom stereocenters. The van der Waals surface area contributed by atoms with E-state index in [9.17, 15) is 0 Å². The number of hydrogen-bond acceptors (Lipinski definition) is 3. The van der Waals surface area contributed by atoms with Crippen molar-refractivity contribution < 1.29 is 0 Å². The second kappa shape index (κ2) is 15.0. The fourth-order valence-corrected chi connectivity index (χ4v) is 0.672. The predicted molar refractivity (Wildman–Crippen MR) is 69.7 cm³/mol. The van der Waals surface area contributed by atoms with E-state index >= 15 is 0 Å². The summed E-state index contributed by atoms with van der Waals surface area (Å²) in [5.41, 5.74) is 4.96. The summed E-state index contributed by atoms with van der Waals surface area (Å²) in [5.74, 6) is 0.891. The van der Waals surface area contributed by atoms with E-state index in [1.807, 2.05) is 32.9 Å². The van der Waals surface area contributed by atoms with Crippen LogP contribution in [0.15, 0.2) is 41.8 Å². The SMILES string of the molecule is C=C/C=N\C(=C/C)NCC.CC/C=C\N. The molecule has 86 valence electrons. The molecule has 0 aromatic carbocycles. The Labute approximate surface area is 93.5 Å². The van der Waals surface area contributed by atoms with Crippen molar-refractivity contribution in [1.82, 2.24) is 5.32 Å². The number of hydrogen-bond donors (Lipinski definition) is 2. The third-order valence-electron chi connectivity index (χ3n) is 1.32. The number of nitrogens with one attached hydrogen (secondary N) is 1. The van der Waals surface area contributed by atoms with E-state index in [-0.39, 0.29) is 0 Å². The second-order valence-corrected chi connectivity index (χ2v) is 2.55. The van der Waals surface area contributed by atoms with E-state index in [4.69, 9.17) is 5.73 Å². The molecule has 0 fully saturated rings. The Morgan fingerprint density at radius 1 is 1.47 bits per heavy atom. The number of rotatable bonds is 5. The van der Waals surface area contributed by atoms with Crippen LogP contribution in [0.2, 0.25) is 0 Å². The first kappa shape index (κ1) is 15.9. The topological polar surface area (TPSA) is 50.4 Å². The molecule has 0 atom stereocenters. The maximum Gasteiger partial charge on any atom is 0.121 e. The highest BCUT2D eigenvalue weighted by atomic mass is 15.0. The van der Waals surface area contributed by atoms with E-state index in [2.05, 4.69) is 16.9 Å². The Morgan fingerprint density at radius 3 is 2.40 bits per heavy atom. The van der Waals surface area contributed by atoms with Crippen LogP contribution in [0.4, 0.5) is 0 Å². The summed E-state index contributed by atoms with van der Waals surface area (Å²) in [6.45, 7) is 10.4. The van der Waals surface area contributed by atoms with Crippen LogP contribution >= 0.6 is 0 Å². The average Bonchev–Trinajstić information content (AvgIpc) is 2.26. The maximum atomic E-state index is 4.96. The highest BCUT2D eigenvalue weighted by Crippen LogP contribution is 1.87.